The first kappa shape index (κ1) is 19.8. The monoisotopic (exact) mass is 393 g/mol. The van der Waals surface area contributed by atoms with E-state index in [1.165, 1.54) is 24.5 Å². The summed E-state index contributed by atoms with van der Waals surface area (Å²) in [4.78, 5) is 16.2. The summed E-state index contributed by atoms with van der Waals surface area (Å²) in [5.41, 5.74) is -1.40. The fourth-order valence-corrected chi connectivity index (χ4v) is 2.96. The van der Waals surface area contributed by atoms with Gasteiger partial charge in [-0.1, -0.05) is 6.07 Å². The second kappa shape index (κ2) is 7.23. The smallest absolute Gasteiger partial charge is 0.438 e. The number of rotatable bonds is 4. The number of ether oxygens (including phenoxy) is 1. The fraction of sp³-hybridized carbons (Fsp3) is 0.316. The number of amides is 1. The topological polar surface area (TPSA) is 75.0 Å². The number of hydrazone groups is 1. The molecule has 1 aromatic heterocycles. The largest absolute Gasteiger partial charge is 0.484 e. The van der Waals surface area contributed by atoms with E-state index in [-0.39, 0.29) is 10.7 Å². The first-order valence-corrected chi connectivity index (χ1v) is 8.41. The van der Waals surface area contributed by atoms with Crippen molar-refractivity contribution >= 4 is 11.6 Å². The summed E-state index contributed by atoms with van der Waals surface area (Å²) in [5.74, 6) is -0.762. The molecular weight excluding hydrogens is 375 g/mol. The summed E-state index contributed by atoms with van der Waals surface area (Å²) >= 11 is 0. The van der Waals surface area contributed by atoms with E-state index >= 15 is 0 Å². The number of aromatic nitrogens is 1. The lowest BCUT2D eigenvalue weighted by atomic mass is 10.0. The van der Waals surface area contributed by atoms with Crippen LogP contribution in [0.1, 0.15) is 23.1 Å². The number of aliphatic hydroxyl groups is 1. The Balaban J connectivity index is 1.85. The van der Waals surface area contributed by atoms with E-state index in [0.29, 0.717) is 11.3 Å². The van der Waals surface area contributed by atoms with Crippen LogP contribution in [0.4, 0.5) is 13.2 Å². The van der Waals surface area contributed by atoms with E-state index in [2.05, 4.69) is 10.1 Å². The normalized spacial score (nSPS) is 19.5. The van der Waals surface area contributed by atoms with Crippen molar-refractivity contribution in [3.05, 3.63) is 59.4 Å². The van der Waals surface area contributed by atoms with E-state index in [0.717, 1.165) is 11.1 Å². The number of aryl methyl sites for hydroxylation is 2. The zero-order valence-electron chi connectivity index (χ0n) is 15.2. The van der Waals surface area contributed by atoms with Gasteiger partial charge < -0.3 is 9.84 Å². The van der Waals surface area contributed by atoms with Gasteiger partial charge in [-0.2, -0.15) is 23.3 Å². The van der Waals surface area contributed by atoms with Gasteiger partial charge >= 0.3 is 6.18 Å². The van der Waals surface area contributed by atoms with Gasteiger partial charge in [0.1, 0.15) is 5.75 Å². The highest BCUT2D eigenvalue weighted by molar-refractivity contribution is 6.03. The summed E-state index contributed by atoms with van der Waals surface area (Å²) in [5, 5.41) is 14.1. The van der Waals surface area contributed by atoms with Crippen molar-refractivity contribution in [2.75, 3.05) is 6.61 Å². The molecule has 0 saturated carbocycles. The lowest BCUT2D eigenvalue weighted by Gasteiger charge is -2.32. The van der Waals surface area contributed by atoms with Gasteiger partial charge in [-0.15, -0.1) is 0 Å². The van der Waals surface area contributed by atoms with Gasteiger partial charge in [0.05, 0.1) is 12.1 Å². The molecule has 2 heterocycles. The average molecular weight is 393 g/mol. The quantitative estimate of drug-likeness (QED) is 0.867. The highest BCUT2D eigenvalue weighted by Gasteiger charge is 2.63. The standard InChI is InChI=1S/C19H18F3N3O3/c1-12-7-13(2)9-15(8-12)28-11-17(26)25-18(27,19(20,21)22)10-16(24-25)14-3-5-23-6-4-14/h3-9,27H,10-11H2,1-2H3/t18-/m0/s1. The lowest BCUT2D eigenvalue weighted by molar-refractivity contribution is -0.302. The van der Waals surface area contributed by atoms with Crippen LogP contribution in [-0.2, 0) is 4.79 Å². The number of pyridine rings is 1. The van der Waals surface area contributed by atoms with Crippen molar-refractivity contribution in [2.24, 2.45) is 5.10 Å². The van der Waals surface area contributed by atoms with Crippen LogP contribution in [-0.4, -0.2) is 45.2 Å². The third kappa shape index (κ3) is 3.84. The summed E-state index contributed by atoms with van der Waals surface area (Å²) in [6.07, 6.45) is -3.20. The molecule has 1 aliphatic rings. The van der Waals surface area contributed by atoms with Crippen molar-refractivity contribution in [1.29, 1.82) is 0 Å². The molecule has 0 unspecified atom stereocenters. The molecule has 0 bridgehead atoms. The third-order valence-electron chi connectivity index (χ3n) is 4.25. The SMILES string of the molecule is Cc1cc(C)cc(OCC(=O)N2N=C(c3ccncc3)C[C@]2(O)C(F)(F)F)c1. The Bertz CT molecular complexity index is 895. The molecule has 1 aromatic carbocycles. The predicted octanol–water partition coefficient (Wildman–Crippen LogP) is 2.96. The third-order valence-corrected chi connectivity index (χ3v) is 4.25. The molecular formula is C19H18F3N3O3. The Morgan fingerprint density at radius 1 is 1.21 bits per heavy atom. The van der Waals surface area contributed by atoms with Crippen LogP contribution < -0.4 is 4.74 Å². The molecule has 28 heavy (non-hydrogen) atoms. The Hall–Kier alpha value is -2.94. The van der Waals surface area contributed by atoms with Gasteiger partial charge in [-0.05, 0) is 49.2 Å². The predicted molar refractivity (Wildman–Crippen MR) is 94.7 cm³/mol. The number of halogens is 3. The lowest BCUT2D eigenvalue weighted by Crippen LogP contribution is -2.57. The molecule has 0 saturated heterocycles. The van der Waals surface area contributed by atoms with Gasteiger partial charge in [0, 0.05) is 18.0 Å². The Morgan fingerprint density at radius 3 is 2.39 bits per heavy atom. The highest BCUT2D eigenvalue weighted by atomic mass is 19.4. The first-order chi connectivity index (χ1) is 13.1. The Morgan fingerprint density at radius 2 is 1.82 bits per heavy atom. The molecule has 148 valence electrons. The zero-order valence-corrected chi connectivity index (χ0v) is 15.2. The summed E-state index contributed by atoms with van der Waals surface area (Å²) in [6.45, 7) is 2.96. The van der Waals surface area contributed by atoms with Gasteiger partial charge in [-0.3, -0.25) is 9.78 Å². The van der Waals surface area contributed by atoms with Crippen molar-refractivity contribution in [1.82, 2.24) is 9.99 Å². The zero-order chi connectivity index (χ0) is 20.5. The number of carbonyl (C=O) groups is 1. The van der Waals surface area contributed by atoms with Crippen molar-refractivity contribution in [3.8, 4) is 5.75 Å². The van der Waals surface area contributed by atoms with E-state index in [4.69, 9.17) is 4.74 Å². The van der Waals surface area contributed by atoms with Gasteiger partial charge in [0.2, 0.25) is 0 Å². The molecule has 0 spiro atoms. The molecule has 0 radical (unpaired) electrons. The van der Waals surface area contributed by atoms with Crippen LogP contribution >= 0.6 is 0 Å². The second-order valence-corrected chi connectivity index (χ2v) is 6.59. The van der Waals surface area contributed by atoms with Crippen LogP contribution in [0.5, 0.6) is 5.75 Å². The molecule has 1 atom stereocenters. The van der Waals surface area contributed by atoms with E-state index < -0.39 is 30.8 Å². The Kier molecular flexibility index (Phi) is 5.12. The van der Waals surface area contributed by atoms with Crippen LogP contribution in [0.25, 0.3) is 0 Å². The number of hydrogen-bond acceptors (Lipinski definition) is 5. The van der Waals surface area contributed by atoms with Crippen molar-refractivity contribution in [2.45, 2.75) is 32.2 Å². The van der Waals surface area contributed by atoms with Crippen molar-refractivity contribution in [3.63, 3.8) is 0 Å². The Labute approximate surface area is 159 Å². The molecule has 1 amide bonds. The minimum Gasteiger partial charge on any atom is -0.484 e. The fourth-order valence-electron chi connectivity index (χ4n) is 2.96. The maximum absolute atomic E-state index is 13.5. The molecule has 2 aromatic rings. The van der Waals surface area contributed by atoms with Crippen molar-refractivity contribution < 1.29 is 27.8 Å². The van der Waals surface area contributed by atoms with Crippen LogP contribution in [0.15, 0.2) is 47.8 Å². The molecule has 1 aliphatic heterocycles. The maximum atomic E-state index is 13.5. The number of benzene rings is 1. The molecule has 3 rings (SSSR count). The molecule has 0 aliphatic carbocycles. The summed E-state index contributed by atoms with van der Waals surface area (Å²) < 4.78 is 46.0. The molecule has 9 heteroatoms. The summed E-state index contributed by atoms with van der Waals surface area (Å²) in [6, 6.07) is 8.12. The van der Waals surface area contributed by atoms with E-state index in [1.807, 2.05) is 19.9 Å². The van der Waals surface area contributed by atoms with Crippen LogP contribution in [0, 0.1) is 13.8 Å². The number of hydrogen-bond donors (Lipinski definition) is 1. The van der Waals surface area contributed by atoms with E-state index in [1.54, 1.807) is 12.1 Å². The van der Waals surface area contributed by atoms with Gasteiger partial charge in [0.15, 0.2) is 6.61 Å². The average Bonchev–Trinajstić information content (AvgIpc) is 2.99. The summed E-state index contributed by atoms with van der Waals surface area (Å²) in [7, 11) is 0. The number of alkyl halides is 3. The number of nitrogens with zero attached hydrogens (tertiary/aromatic N) is 3. The van der Waals surface area contributed by atoms with Gasteiger partial charge in [-0.25, -0.2) is 0 Å². The van der Waals surface area contributed by atoms with Gasteiger partial charge in [0.25, 0.3) is 11.6 Å². The molecule has 0 fully saturated rings. The molecule has 1 N–H and O–H groups in total. The van der Waals surface area contributed by atoms with Crippen LogP contribution in [0.2, 0.25) is 0 Å². The van der Waals surface area contributed by atoms with E-state index in [9.17, 15) is 23.1 Å². The van der Waals surface area contributed by atoms with Crippen LogP contribution in [0.3, 0.4) is 0 Å². The minimum atomic E-state index is -5.10. The minimum absolute atomic E-state index is 0.0609. The molecule has 6 nitrogen and oxygen atoms in total. The first-order valence-electron chi connectivity index (χ1n) is 8.41. The maximum Gasteiger partial charge on any atom is 0.438 e. The second-order valence-electron chi connectivity index (χ2n) is 6.59. The highest BCUT2D eigenvalue weighted by Crippen LogP contribution is 2.41. The number of carbonyl (C=O) groups excluding carboxylic acids is 1.